The van der Waals surface area contributed by atoms with Crippen molar-refractivity contribution in [1.29, 1.82) is 0 Å². The monoisotopic (exact) mass is 273 g/mol. The minimum atomic E-state index is 0.607. The smallest absolute Gasteiger partial charge is 0.130 e. The average molecular weight is 273 g/mol. The van der Waals surface area contributed by atoms with Crippen LogP contribution >= 0.6 is 0 Å². The number of nitrogens with zero attached hydrogens (tertiary/aromatic N) is 2. The fraction of sp³-hybridized carbons (Fsp3) is 0.333. The Labute approximate surface area is 119 Å². The molecule has 0 amide bonds. The quantitative estimate of drug-likeness (QED) is 0.907. The van der Waals surface area contributed by atoms with E-state index in [-0.39, 0.29) is 0 Å². The topological polar surface area (TPSA) is 56.3 Å². The van der Waals surface area contributed by atoms with Gasteiger partial charge in [-0.25, -0.2) is 9.97 Å². The van der Waals surface area contributed by atoms with E-state index in [1.807, 2.05) is 38.1 Å². The summed E-state index contributed by atoms with van der Waals surface area (Å²) in [4.78, 5) is 8.61. The Bertz CT molecular complexity index is 579. The Morgan fingerprint density at radius 2 is 1.85 bits per heavy atom. The SMILES string of the molecule is COc1ccc(OC)c(CNc2cc(C)nc(C)n2)c1. The van der Waals surface area contributed by atoms with Crippen molar-refractivity contribution in [3.8, 4) is 11.5 Å². The molecule has 1 aromatic heterocycles. The number of ether oxygens (including phenoxy) is 2. The van der Waals surface area contributed by atoms with Crippen LogP contribution in [0.1, 0.15) is 17.1 Å². The molecule has 1 heterocycles. The van der Waals surface area contributed by atoms with Crippen molar-refractivity contribution in [3.05, 3.63) is 41.3 Å². The highest BCUT2D eigenvalue weighted by Crippen LogP contribution is 2.24. The first kappa shape index (κ1) is 14.1. The molecule has 0 unspecified atom stereocenters. The van der Waals surface area contributed by atoms with Crippen LogP contribution in [-0.4, -0.2) is 24.2 Å². The Balaban J connectivity index is 2.17. The summed E-state index contributed by atoms with van der Waals surface area (Å²) in [6.45, 7) is 4.44. The van der Waals surface area contributed by atoms with Gasteiger partial charge in [0, 0.05) is 23.9 Å². The molecule has 0 aliphatic heterocycles. The summed E-state index contributed by atoms with van der Waals surface area (Å²) in [6.07, 6.45) is 0. The van der Waals surface area contributed by atoms with Crippen molar-refractivity contribution < 1.29 is 9.47 Å². The van der Waals surface area contributed by atoms with Crippen molar-refractivity contribution in [1.82, 2.24) is 9.97 Å². The Kier molecular flexibility index (Phi) is 4.40. The molecule has 0 aliphatic carbocycles. The van der Waals surface area contributed by atoms with Gasteiger partial charge in [-0.05, 0) is 32.0 Å². The molecular formula is C15H19N3O2. The summed E-state index contributed by atoms with van der Waals surface area (Å²) >= 11 is 0. The summed E-state index contributed by atoms with van der Waals surface area (Å²) in [7, 11) is 3.31. The number of aromatic nitrogens is 2. The largest absolute Gasteiger partial charge is 0.497 e. The van der Waals surface area contributed by atoms with Crippen LogP contribution in [0.5, 0.6) is 11.5 Å². The van der Waals surface area contributed by atoms with Gasteiger partial charge in [-0.2, -0.15) is 0 Å². The van der Waals surface area contributed by atoms with Gasteiger partial charge < -0.3 is 14.8 Å². The van der Waals surface area contributed by atoms with Crippen LogP contribution in [0.2, 0.25) is 0 Å². The van der Waals surface area contributed by atoms with E-state index >= 15 is 0 Å². The molecule has 0 saturated carbocycles. The zero-order valence-corrected chi connectivity index (χ0v) is 12.2. The molecule has 2 rings (SSSR count). The molecule has 0 aliphatic rings. The zero-order chi connectivity index (χ0) is 14.5. The van der Waals surface area contributed by atoms with Gasteiger partial charge in [0.25, 0.3) is 0 Å². The summed E-state index contributed by atoms with van der Waals surface area (Å²) in [6, 6.07) is 7.64. The van der Waals surface area contributed by atoms with Crippen LogP contribution in [-0.2, 0) is 6.54 Å². The van der Waals surface area contributed by atoms with E-state index in [1.165, 1.54) is 0 Å². The van der Waals surface area contributed by atoms with Crippen molar-refractivity contribution in [2.45, 2.75) is 20.4 Å². The van der Waals surface area contributed by atoms with Crippen molar-refractivity contribution in [2.24, 2.45) is 0 Å². The third kappa shape index (κ3) is 3.38. The summed E-state index contributed by atoms with van der Waals surface area (Å²) in [5.41, 5.74) is 1.96. The molecule has 20 heavy (non-hydrogen) atoms. The molecule has 0 bridgehead atoms. The van der Waals surface area contributed by atoms with E-state index < -0.39 is 0 Å². The van der Waals surface area contributed by atoms with E-state index in [1.54, 1.807) is 14.2 Å². The second-order valence-corrected chi connectivity index (χ2v) is 4.47. The maximum Gasteiger partial charge on any atom is 0.130 e. The van der Waals surface area contributed by atoms with Gasteiger partial charge in [-0.15, -0.1) is 0 Å². The second kappa shape index (κ2) is 6.23. The molecule has 5 nitrogen and oxygen atoms in total. The van der Waals surface area contributed by atoms with E-state index in [0.29, 0.717) is 6.54 Å². The molecule has 0 radical (unpaired) electrons. The Hall–Kier alpha value is -2.30. The zero-order valence-electron chi connectivity index (χ0n) is 12.2. The average Bonchev–Trinajstić information content (AvgIpc) is 2.43. The lowest BCUT2D eigenvalue weighted by Gasteiger charge is -2.12. The van der Waals surface area contributed by atoms with Gasteiger partial charge in [-0.1, -0.05) is 0 Å². The normalized spacial score (nSPS) is 10.2. The van der Waals surface area contributed by atoms with Gasteiger partial charge >= 0.3 is 0 Å². The predicted molar refractivity (Wildman–Crippen MR) is 78.4 cm³/mol. The summed E-state index contributed by atoms with van der Waals surface area (Å²) < 4.78 is 10.6. The summed E-state index contributed by atoms with van der Waals surface area (Å²) in [5.74, 6) is 3.18. The maximum absolute atomic E-state index is 5.35. The number of benzene rings is 1. The number of aryl methyl sites for hydroxylation is 2. The Morgan fingerprint density at radius 1 is 1.05 bits per heavy atom. The lowest BCUT2D eigenvalue weighted by molar-refractivity contribution is 0.399. The molecule has 0 spiro atoms. The molecule has 1 aromatic carbocycles. The number of hydrogen-bond donors (Lipinski definition) is 1. The van der Waals surface area contributed by atoms with Crippen LogP contribution < -0.4 is 14.8 Å². The fourth-order valence-corrected chi connectivity index (χ4v) is 2.01. The maximum atomic E-state index is 5.35. The molecule has 0 saturated heterocycles. The highest BCUT2D eigenvalue weighted by molar-refractivity contribution is 5.44. The van der Waals surface area contributed by atoms with Crippen LogP contribution in [0.4, 0.5) is 5.82 Å². The first-order chi connectivity index (χ1) is 9.62. The number of rotatable bonds is 5. The molecule has 0 fully saturated rings. The first-order valence-corrected chi connectivity index (χ1v) is 6.39. The number of hydrogen-bond acceptors (Lipinski definition) is 5. The fourth-order valence-electron chi connectivity index (χ4n) is 2.01. The van der Waals surface area contributed by atoms with Crippen LogP contribution in [0.3, 0.4) is 0 Å². The highest BCUT2D eigenvalue weighted by Gasteiger charge is 2.06. The second-order valence-electron chi connectivity index (χ2n) is 4.47. The van der Waals surface area contributed by atoms with Crippen molar-refractivity contribution in [3.63, 3.8) is 0 Å². The lowest BCUT2D eigenvalue weighted by atomic mass is 10.2. The van der Waals surface area contributed by atoms with E-state index in [0.717, 1.165) is 34.4 Å². The third-order valence-electron chi connectivity index (χ3n) is 2.91. The molecule has 2 aromatic rings. The third-order valence-corrected chi connectivity index (χ3v) is 2.91. The lowest BCUT2D eigenvalue weighted by Crippen LogP contribution is -2.05. The molecule has 106 valence electrons. The highest BCUT2D eigenvalue weighted by atomic mass is 16.5. The van der Waals surface area contributed by atoms with Gasteiger partial charge in [0.1, 0.15) is 23.1 Å². The van der Waals surface area contributed by atoms with Gasteiger partial charge in [0.2, 0.25) is 0 Å². The van der Waals surface area contributed by atoms with Crippen LogP contribution in [0.25, 0.3) is 0 Å². The van der Waals surface area contributed by atoms with Gasteiger partial charge in [-0.3, -0.25) is 0 Å². The van der Waals surface area contributed by atoms with E-state index in [2.05, 4.69) is 15.3 Å². The molecular weight excluding hydrogens is 254 g/mol. The minimum absolute atomic E-state index is 0.607. The van der Waals surface area contributed by atoms with E-state index in [9.17, 15) is 0 Å². The Morgan fingerprint density at radius 3 is 2.50 bits per heavy atom. The van der Waals surface area contributed by atoms with Crippen LogP contribution in [0, 0.1) is 13.8 Å². The molecule has 0 atom stereocenters. The first-order valence-electron chi connectivity index (χ1n) is 6.39. The van der Waals surface area contributed by atoms with Crippen molar-refractivity contribution in [2.75, 3.05) is 19.5 Å². The van der Waals surface area contributed by atoms with Gasteiger partial charge in [0.05, 0.1) is 14.2 Å². The number of methoxy groups -OCH3 is 2. The molecule has 5 heteroatoms. The van der Waals surface area contributed by atoms with Crippen LogP contribution in [0.15, 0.2) is 24.3 Å². The number of nitrogens with one attached hydrogen (secondary N) is 1. The predicted octanol–water partition coefficient (Wildman–Crippen LogP) is 2.72. The van der Waals surface area contributed by atoms with Gasteiger partial charge in [0.15, 0.2) is 0 Å². The van der Waals surface area contributed by atoms with E-state index in [4.69, 9.17) is 9.47 Å². The molecule has 1 N–H and O–H groups in total. The number of anilines is 1. The standard InChI is InChI=1S/C15H19N3O2/c1-10-7-15(18-11(2)17-10)16-9-12-8-13(19-3)5-6-14(12)20-4/h5-8H,9H2,1-4H3,(H,16,17,18). The van der Waals surface area contributed by atoms with Crippen molar-refractivity contribution >= 4 is 5.82 Å². The summed E-state index contributed by atoms with van der Waals surface area (Å²) in [5, 5.41) is 3.28. The minimum Gasteiger partial charge on any atom is -0.497 e.